The summed E-state index contributed by atoms with van der Waals surface area (Å²) in [6.07, 6.45) is 0. The van der Waals surface area contributed by atoms with Gasteiger partial charge < -0.3 is 10.1 Å². The monoisotopic (exact) mass is 531 g/mol. The van der Waals surface area contributed by atoms with E-state index in [-0.39, 0.29) is 5.02 Å². The second-order valence-corrected chi connectivity index (χ2v) is 8.34. The van der Waals surface area contributed by atoms with Crippen LogP contribution in [-0.2, 0) is 13.2 Å². The third-order valence-electron chi connectivity index (χ3n) is 3.77. The largest absolute Gasteiger partial charge is 0.487 e. The number of benzene rings is 3. The van der Waals surface area contributed by atoms with Crippen LogP contribution in [-0.4, -0.2) is 0 Å². The predicted octanol–water partition coefficient (Wildman–Crippen LogP) is 7.85. The van der Waals surface area contributed by atoms with E-state index >= 15 is 0 Å². The molecule has 1 N–H and O–H groups in total. The van der Waals surface area contributed by atoms with Crippen LogP contribution in [0.15, 0.2) is 63.5 Å². The second-order valence-electron chi connectivity index (χ2n) is 5.79. The van der Waals surface area contributed by atoms with Crippen LogP contribution in [0.5, 0.6) is 5.75 Å². The van der Waals surface area contributed by atoms with E-state index in [1.807, 2.05) is 36.4 Å². The van der Waals surface area contributed by atoms with E-state index in [1.165, 1.54) is 6.07 Å². The molecule has 0 amide bonds. The minimum atomic E-state index is -0.435. The summed E-state index contributed by atoms with van der Waals surface area (Å²) < 4.78 is 20.8. The minimum absolute atomic E-state index is 0.0910. The molecule has 0 atom stereocenters. The number of nitrogens with one attached hydrogen (secondary N) is 1. The first-order valence-electron chi connectivity index (χ1n) is 7.96. The first-order chi connectivity index (χ1) is 12.9. The fraction of sp³-hybridized carbons (Fsp3) is 0.100. The van der Waals surface area contributed by atoms with Crippen LogP contribution in [0.4, 0.5) is 10.1 Å². The maximum Gasteiger partial charge on any atom is 0.148 e. The quantitative estimate of drug-likeness (QED) is 0.348. The van der Waals surface area contributed by atoms with Gasteiger partial charge in [-0.25, -0.2) is 4.39 Å². The van der Waals surface area contributed by atoms with Gasteiger partial charge in [-0.15, -0.1) is 0 Å². The molecule has 0 aliphatic heterocycles. The highest BCUT2D eigenvalue weighted by molar-refractivity contribution is 9.11. The van der Waals surface area contributed by atoms with Crippen molar-refractivity contribution < 1.29 is 9.13 Å². The van der Waals surface area contributed by atoms with Crippen molar-refractivity contribution in [1.82, 2.24) is 0 Å². The third kappa shape index (κ3) is 5.61. The van der Waals surface area contributed by atoms with Crippen molar-refractivity contribution in [2.45, 2.75) is 13.2 Å². The Morgan fingerprint density at radius 3 is 2.19 bits per heavy atom. The number of halogens is 5. The second kappa shape index (κ2) is 9.28. The maximum absolute atomic E-state index is 13.2. The molecule has 0 fully saturated rings. The highest BCUT2D eigenvalue weighted by Crippen LogP contribution is 2.35. The van der Waals surface area contributed by atoms with Gasteiger partial charge in [-0.2, -0.15) is 0 Å². The van der Waals surface area contributed by atoms with Gasteiger partial charge in [0.15, 0.2) is 0 Å². The Morgan fingerprint density at radius 1 is 0.889 bits per heavy atom. The van der Waals surface area contributed by atoms with E-state index in [0.29, 0.717) is 18.2 Å². The van der Waals surface area contributed by atoms with Crippen LogP contribution in [0.25, 0.3) is 0 Å². The maximum atomic E-state index is 13.2. The molecule has 27 heavy (non-hydrogen) atoms. The van der Waals surface area contributed by atoms with Crippen molar-refractivity contribution in [1.29, 1.82) is 0 Å². The van der Waals surface area contributed by atoms with Gasteiger partial charge in [0.2, 0.25) is 0 Å². The lowest BCUT2D eigenvalue weighted by atomic mass is 10.2. The molecule has 0 saturated heterocycles. The van der Waals surface area contributed by atoms with Crippen molar-refractivity contribution in [2.75, 3.05) is 5.32 Å². The third-order valence-corrected chi connectivity index (χ3v) is 5.49. The summed E-state index contributed by atoms with van der Waals surface area (Å²) in [5.41, 5.74) is 2.79. The van der Waals surface area contributed by atoms with Gasteiger partial charge in [0.05, 0.1) is 14.0 Å². The molecule has 2 nitrogen and oxygen atoms in total. The molecule has 0 heterocycles. The SMILES string of the molecule is Fc1ccc(NCc2cc(Br)c(OCc3ccc(Cl)cc3)c(Br)c2)cc1Cl. The topological polar surface area (TPSA) is 21.3 Å². The van der Waals surface area contributed by atoms with Crippen molar-refractivity contribution in [3.05, 3.63) is 90.5 Å². The van der Waals surface area contributed by atoms with Gasteiger partial charge in [0, 0.05) is 17.3 Å². The lowest BCUT2D eigenvalue weighted by Gasteiger charge is -2.13. The molecule has 0 saturated carbocycles. The Labute approximate surface area is 183 Å². The zero-order valence-electron chi connectivity index (χ0n) is 13.9. The molecule has 3 aromatic carbocycles. The molecule has 0 radical (unpaired) electrons. The Kier molecular flexibility index (Phi) is 7.04. The summed E-state index contributed by atoms with van der Waals surface area (Å²) in [5.74, 6) is 0.286. The van der Waals surface area contributed by atoms with E-state index in [1.54, 1.807) is 12.1 Å². The summed E-state index contributed by atoms with van der Waals surface area (Å²) in [4.78, 5) is 0. The lowest BCUT2D eigenvalue weighted by Crippen LogP contribution is -2.02. The zero-order chi connectivity index (χ0) is 19.4. The molecule has 0 bridgehead atoms. The summed E-state index contributed by atoms with van der Waals surface area (Å²) >= 11 is 18.8. The Morgan fingerprint density at radius 2 is 1.56 bits per heavy atom. The van der Waals surface area contributed by atoms with Gasteiger partial charge in [0.25, 0.3) is 0 Å². The number of ether oxygens (including phenoxy) is 1. The van der Waals surface area contributed by atoms with E-state index in [2.05, 4.69) is 37.2 Å². The smallest absolute Gasteiger partial charge is 0.148 e. The lowest BCUT2D eigenvalue weighted by molar-refractivity contribution is 0.302. The molecule has 3 aromatic rings. The van der Waals surface area contributed by atoms with E-state index < -0.39 is 5.82 Å². The molecular weight excluding hydrogens is 520 g/mol. The average Bonchev–Trinajstić information content (AvgIpc) is 2.63. The summed E-state index contributed by atoms with van der Waals surface area (Å²) in [7, 11) is 0. The van der Waals surface area contributed by atoms with E-state index in [9.17, 15) is 4.39 Å². The van der Waals surface area contributed by atoms with Crippen LogP contribution < -0.4 is 10.1 Å². The highest BCUT2D eigenvalue weighted by atomic mass is 79.9. The molecular formula is C20H14Br2Cl2FNO. The van der Waals surface area contributed by atoms with Gasteiger partial charge in [-0.05, 0) is 85.5 Å². The molecule has 0 spiro atoms. The zero-order valence-corrected chi connectivity index (χ0v) is 18.6. The summed E-state index contributed by atoms with van der Waals surface area (Å²) in [5, 5.41) is 4.01. The van der Waals surface area contributed by atoms with E-state index in [4.69, 9.17) is 27.9 Å². The van der Waals surface area contributed by atoms with Gasteiger partial charge in [-0.1, -0.05) is 35.3 Å². The molecule has 0 unspecified atom stereocenters. The first kappa shape index (κ1) is 20.5. The number of hydrogen-bond acceptors (Lipinski definition) is 2. The molecule has 0 aliphatic rings. The van der Waals surface area contributed by atoms with Crippen molar-refractivity contribution >= 4 is 60.7 Å². The van der Waals surface area contributed by atoms with Gasteiger partial charge in [0.1, 0.15) is 18.2 Å². The molecule has 140 valence electrons. The number of rotatable bonds is 6. The predicted molar refractivity (Wildman–Crippen MR) is 116 cm³/mol. The Balaban J connectivity index is 1.66. The fourth-order valence-electron chi connectivity index (χ4n) is 2.40. The van der Waals surface area contributed by atoms with Crippen LogP contribution in [0.2, 0.25) is 10.0 Å². The molecule has 0 aliphatic carbocycles. The number of hydrogen-bond donors (Lipinski definition) is 1. The highest BCUT2D eigenvalue weighted by Gasteiger charge is 2.10. The van der Waals surface area contributed by atoms with Gasteiger partial charge >= 0.3 is 0 Å². The molecule has 7 heteroatoms. The van der Waals surface area contributed by atoms with Crippen molar-refractivity contribution in [3.8, 4) is 5.75 Å². The van der Waals surface area contributed by atoms with Crippen LogP contribution in [0.3, 0.4) is 0 Å². The van der Waals surface area contributed by atoms with Crippen LogP contribution in [0.1, 0.15) is 11.1 Å². The van der Waals surface area contributed by atoms with Gasteiger partial charge in [-0.3, -0.25) is 0 Å². The standard InChI is InChI=1S/C20H14Br2Cl2FNO/c21-16-7-13(10-26-15-5-6-19(25)18(24)9-15)8-17(22)20(16)27-11-12-1-3-14(23)4-2-12/h1-9,26H,10-11H2. The van der Waals surface area contributed by atoms with E-state index in [0.717, 1.165) is 31.5 Å². The normalized spacial score (nSPS) is 10.7. The Bertz CT molecular complexity index is 928. The van der Waals surface area contributed by atoms with Crippen LogP contribution >= 0.6 is 55.1 Å². The van der Waals surface area contributed by atoms with Crippen molar-refractivity contribution in [2.24, 2.45) is 0 Å². The Hall–Kier alpha value is -1.27. The minimum Gasteiger partial charge on any atom is -0.487 e. The first-order valence-corrected chi connectivity index (χ1v) is 10.3. The average molecular weight is 534 g/mol. The molecule has 3 rings (SSSR count). The fourth-order valence-corrected chi connectivity index (χ4v) is 4.22. The summed E-state index contributed by atoms with van der Waals surface area (Å²) in [6, 6.07) is 16.0. The van der Waals surface area contributed by atoms with Crippen LogP contribution in [0, 0.1) is 5.82 Å². The summed E-state index contributed by atoms with van der Waals surface area (Å²) in [6.45, 7) is 0.983. The van der Waals surface area contributed by atoms with Crippen molar-refractivity contribution in [3.63, 3.8) is 0 Å². The number of anilines is 1. The molecule has 0 aromatic heterocycles.